The Hall–Kier alpha value is -0.910. The SMILES string of the molecule is CC(CCCO)NS(=O)(=O)CC(C)c1ccccc1. The molecule has 0 aliphatic rings. The zero-order chi connectivity index (χ0) is 14.3. The number of benzene rings is 1. The van der Waals surface area contributed by atoms with Crippen LogP contribution in [-0.2, 0) is 10.0 Å². The smallest absolute Gasteiger partial charge is 0.212 e. The second kappa shape index (κ2) is 7.62. The lowest BCUT2D eigenvalue weighted by atomic mass is 10.0. The minimum Gasteiger partial charge on any atom is -0.396 e. The summed E-state index contributed by atoms with van der Waals surface area (Å²) >= 11 is 0. The predicted molar refractivity (Wildman–Crippen MR) is 77.6 cm³/mol. The van der Waals surface area contributed by atoms with Gasteiger partial charge in [0.1, 0.15) is 0 Å². The van der Waals surface area contributed by atoms with Crippen LogP contribution >= 0.6 is 0 Å². The second-order valence-electron chi connectivity index (χ2n) is 4.98. The Morgan fingerprint density at radius 3 is 2.42 bits per heavy atom. The van der Waals surface area contributed by atoms with E-state index in [9.17, 15) is 8.42 Å². The molecule has 0 radical (unpaired) electrons. The molecule has 0 fully saturated rings. The molecule has 0 saturated carbocycles. The normalized spacial score (nSPS) is 15.1. The van der Waals surface area contributed by atoms with Crippen molar-refractivity contribution in [1.29, 1.82) is 0 Å². The van der Waals surface area contributed by atoms with Gasteiger partial charge in [-0.1, -0.05) is 37.3 Å². The molecule has 0 aliphatic carbocycles. The summed E-state index contributed by atoms with van der Waals surface area (Å²) in [5.74, 6) is 0.0456. The second-order valence-corrected chi connectivity index (χ2v) is 6.78. The van der Waals surface area contributed by atoms with E-state index in [0.29, 0.717) is 12.8 Å². The van der Waals surface area contributed by atoms with Gasteiger partial charge in [-0.25, -0.2) is 13.1 Å². The Bertz CT molecular complexity index is 459. The molecule has 1 rings (SSSR count). The quantitative estimate of drug-likeness (QED) is 0.766. The minimum atomic E-state index is -3.29. The number of hydrogen-bond acceptors (Lipinski definition) is 3. The van der Waals surface area contributed by atoms with Crippen molar-refractivity contribution in [3.63, 3.8) is 0 Å². The largest absolute Gasteiger partial charge is 0.396 e. The molecule has 0 amide bonds. The third-order valence-corrected chi connectivity index (χ3v) is 4.71. The lowest BCUT2D eigenvalue weighted by Gasteiger charge is -2.17. The lowest BCUT2D eigenvalue weighted by Crippen LogP contribution is -2.35. The Balaban J connectivity index is 2.55. The fourth-order valence-electron chi connectivity index (χ4n) is 2.02. The van der Waals surface area contributed by atoms with Crippen molar-refractivity contribution in [2.45, 2.75) is 38.6 Å². The van der Waals surface area contributed by atoms with E-state index in [1.54, 1.807) is 0 Å². The number of hydrogen-bond donors (Lipinski definition) is 2. The van der Waals surface area contributed by atoms with E-state index >= 15 is 0 Å². The molecule has 1 aromatic rings. The molecule has 0 aromatic heterocycles. The van der Waals surface area contributed by atoms with E-state index in [-0.39, 0.29) is 24.3 Å². The number of rotatable bonds is 8. The molecule has 5 heteroatoms. The number of aliphatic hydroxyl groups excluding tert-OH is 1. The monoisotopic (exact) mass is 285 g/mol. The number of sulfonamides is 1. The molecule has 0 heterocycles. The highest BCUT2D eigenvalue weighted by Gasteiger charge is 2.18. The Morgan fingerprint density at radius 1 is 1.21 bits per heavy atom. The van der Waals surface area contributed by atoms with Crippen molar-refractivity contribution in [1.82, 2.24) is 4.72 Å². The van der Waals surface area contributed by atoms with E-state index < -0.39 is 10.0 Å². The zero-order valence-electron chi connectivity index (χ0n) is 11.5. The van der Waals surface area contributed by atoms with Gasteiger partial charge in [-0.2, -0.15) is 0 Å². The van der Waals surface area contributed by atoms with Crippen LogP contribution in [0.3, 0.4) is 0 Å². The highest BCUT2D eigenvalue weighted by molar-refractivity contribution is 7.89. The van der Waals surface area contributed by atoms with Crippen molar-refractivity contribution in [3.8, 4) is 0 Å². The van der Waals surface area contributed by atoms with Gasteiger partial charge < -0.3 is 5.11 Å². The maximum atomic E-state index is 12.0. The van der Waals surface area contributed by atoms with E-state index in [2.05, 4.69) is 4.72 Å². The van der Waals surface area contributed by atoms with Gasteiger partial charge in [0, 0.05) is 12.6 Å². The fraction of sp³-hybridized carbons (Fsp3) is 0.571. The first-order valence-electron chi connectivity index (χ1n) is 6.60. The van der Waals surface area contributed by atoms with Crippen LogP contribution < -0.4 is 4.72 Å². The Kier molecular flexibility index (Phi) is 6.48. The van der Waals surface area contributed by atoms with E-state index in [4.69, 9.17) is 5.11 Å². The maximum absolute atomic E-state index is 12.0. The maximum Gasteiger partial charge on any atom is 0.212 e. The summed E-state index contributed by atoms with van der Waals surface area (Å²) in [5.41, 5.74) is 1.02. The van der Waals surface area contributed by atoms with Crippen LogP contribution in [0.25, 0.3) is 0 Å². The van der Waals surface area contributed by atoms with Crippen LogP contribution in [0.4, 0.5) is 0 Å². The van der Waals surface area contributed by atoms with Crippen molar-refractivity contribution in [3.05, 3.63) is 35.9 Å². The summed E-state index contributed by atoms with van der Waals surface area (Å²) in [6, 6.07) is 9.48. The molecule has 2 unspecified atom stereocenters. The molecule has 2 atom stereocenters. The van der Waals surface area contributed by atoms with Crippen LogP contribution in [0, 0.1) is 0 Å². The molecule has 4 nitrogen and oxygen atoms in total. The van der Waals surface area contributed by atoms with Crippen LogP contribution in [0.15, 0.2) is 30.3 Å². The van der Waals surface area contributed by atoms with Gasteiger partial charge in [0.2, 0.25) is 10.0 Å². The summed E-state index contributed by atoms with van der Waals surface area (Å²) in [5, 5.41) is 8.73. The first-order valence-corrected chi connectivity index (χ1v) is 8.25. The highest BCUT2D eigenvalue weighted by Crippen LogP contribution is 2.16. The standard InChI is InChI=1S/C14H23NO3S/c1-12(14-8-4-3-5-9-14)11-19(17,18)15-13(2)7-6-10-16/h3-5,8-9,12-13,15-16H,6-7,10-11H2,1-2H3. The summed E-state index contributed by atoms with van der Waals surface area (Å²) < 4.78 is 26.7. The summed E-state index contributed by atoms with van der Waals surface area (Å²) in [7, 11) is -3.29. The van der Waals surface area contributed by atoms with Gasteiger partial charge in [-0.15, -0.1) is 0 Å². The van der Waals surface area contributed by atoms with Crippen LogP contribution in [-0.4, -0.2) is 31.9 Å². The average molecular weight is 285 g/mol. The van der Waals surface area contributed by atoms with Gasteiger partial charge in [-0.05, 0) is 31.2 Å². The van der Waals surface area contributed by atoms with Gasteiger partial charge in [0.25, 0.3) is 0 Å². The van der Waals surface area contributed by atoms with Gasteiger partial charge in [0.15, 0.2) is 0 Å². The van der Waals surface area contributed by atoms with Crippen LogP contribution in [0.2, 0.25) is 0 Å². The number of nitrogens with one attached hydrogen (secondary N) is 1. The van der Waals surface area contributed by atoms with Crippen LogP contribution in [0.5, 0.6) is 0 Å². The third-order valence-electron chi connectivity index (χ3n) is 3.01. The molecule has 0 bridgehead atoms. The fourth-order valence-corrected chi connectivity index (χ4v) is 3.70. The van der Waals surface area contributed by atoms with E-state index in [0.717, 1.165) is 5.56 Å². The molecular weight excluding hydrogens is 262 g/mol. The van der Waals surface area contributed by atoms with Crippen molar-refractivity contribution < 1.29 is 13.5 Å². The van der Waals surface area contributed by atoms with Crippen molar-refractivity contribution >= 4 is 10.0 Å². The van der Waals surface area contributed by atoms with Crippen molar-refractivity contribution in [2.75, 3.05) is 12.4 Å². The Morgan fingerprint density at radius 2 is 1.84 bits per heavy atom. The predicted octanol–water partition coefficient (Wildman–Crippen LogP) is 1.87. The first-order chi connectivity index (χ1) is 8.94. The topological polar surface area (TPSA) is 66.4 Å². The lowest BCUT2D eigenvalue weighted by molar-refractivity contribution is 0.279. The molecule has 0 saturated heterocycles. The molecule has 2 N–H and O–H groups in total. The van der Waals surface area contributed by atoms with Gasteiger partial charge in [-0.3, -0.25) is 0 Å². The minimum absolute atomic E-state index is 0.0382. The van der Waals surface area contributed by atoms with Gasteiger partial charge >= 0.3 is 0 Å². The zero-order valence-corrected chi connectivity index (χ0v) is 12.4. The van der Waals surface area contributed by atoms with Gasteiger partial charge in [0.05, 0.1) is 5.75 Å². The highest BCUT2D eigenvalue weighted by atomic mass is 32.2. The molecule has 1 aromatic carbocycles. The molecule has 19 heavy (non-hydrogen) atoms. The number of aliphatic hydroxyl groups is 1. The van der Waals surface area contributed by atoms with E-state index in [1.807, 2.05) is 44.2 Å². The summed E-state index contributed by atoms with van der Waals surface area (Å²) in [4.78, 5) is 0. The first kappa shape index (κ1) is 16.1. The molecule has 0 spiro atoms. The van der Waals surface area contributed by atoms with Crippen LogP contribution in [0.1, 0.15) is 38.2 Å². The summed E-state index contributed by atoms with van der Waals surface area (Å²) in [6.07, 6.45) is 1.26. The van der Waals surface area contributed by atoms with E-state index in [1.165, 1.54) is 0 Å². The molecule has 108 valence electrons. The summed E-state index contributed by atoms with van der Waals surface area (Å²) in [6.45, 7) is 3.82. The average Bonchev–Trinajstić information content (AvgIpc) is 2.36. The molecular formula is C14H23NO3S. The molecule has 0 aliphatic heterocycles. The van der Waals surface area contributed by atoms with Crippen molar-refractivity contribution in [2.24, 2.45) is 0 Å². The Labute approximate surface area is 115 Å². The third kappa shape index (κ3) is 6.18.